The van der Waals surface area contributed by atoms with Gasteiger partial charge in [0.15, 0.2) is 0 Å². The van der Waals surface area contributed by atoms with E-state index >= 15 is 0 Å². The van der Waals surface area contributed by atoms with Crippen LogP contribution in [0.2, 0.25) is 0 Å². The minimum Gasteiger partial charge on any atom is -0.376 e. The summed E-state index contributed by atoms with van der Waals surface area (Å²) in [6.45, 7) is 0.643. The van der Waals surface area contributed by atoms with Crippen molar-refractivity contribution in [1.29, 1.82) is 0 Å². The molecule has 0 spiro atoms. The lowest BCUT2D eigenvalue weighted by Crippen LogP contribution is -2.63. The number of amides is 1. The molecule has 2 aromatic carbocycles. The van der Waals surface area contributed by atoms with Gasteiger partial charge in [0.2, 0.25) is 0 Å². The predicted octanol–water partition coefficient (Wildman–Crippen LogP) is 4.41. The Hall–Kier alpha value is -1.87. The number of methoxy groups -OCH3 is 1. The van der Waals surface area contributed by atoms with E-state index < -0.39 is 0 Å². The Balaban J connectivity index is 1.35. The first-order valence-electron chi connectivity index (χ1n) is 10.00. The second-order valence-electron chi connectivity index (χ2n) is 8.71. The van der Waals surface area contributed by atoms with Gasteiger partial charge in [0.05, 0.1) is 5.60 Å². The molecule has 0 aliphatic heterocycles. The van der Waals surface area contributed by atoms with Gasteiger partial charge in [0.25, 0.3) is 5.91 Å². The highest BCUT2D eigenvalue weighted by molar-refractivity contribution is 5.98. The van der Waals surface area contributed by atoms with Crippen molar-refractivity contribution >= 4 is 16.7 Å². The lowest BCUT2D eigenvalue weighted by Gasteiger charge is -2.60. The SMILES string of the molecule is COC1(CNC(=O)c2ccc3ccccc3c2)C2CC3CC(C2)CC1C3. The van der Waals surface area contributed by atoms with Crippen LogP contribution in [-0.2, 0) is 4.74 Å². The Morgan fingerprint density at radius 2 is 1.65 bits per heavy atom. The van der Waals surface area contributed by atoms with E-state index in [1.165, 1.54) is 37.5 Å². The molecule has 2 aromatic rings. The van der Waals surface area contributed by atoms with E-state index in [-0.39, 0.29) is 11.5 Å². The van der Waals surface area contributed by atoms with Crippen molar-refractivity contribution in [1.82, 2.24) is 5.32 Å². The molecule has 0 saturated heterocycles. The normalized spacial score (nSPS) is 35.0. The van der Waals surface area contributed by atoms with Crippen LogP contribution in [0.4, 0.5) is 0 Å². The van der Waals surface area contributed by atoms with Gasteiger partial charge in [-0.2, -0.15) is 0 Å². The minimum absolute atomic E-state index is 0.0148. The molecule has 4 aliphatic rings. The minimum atomic E-state index is -0.153. The van der Waals surface area contributed by atoms with Gasteiger partial charge in [-0.3, -0.25) is 4.79 Å². The summed E-state index contributed by atoms with van der Waals surface area (Å²) in [5.41, 5.74) is 0.582. The molecule has 4 saturated carbocycles. The van der Waals surface area contributed by atoms with Crippen molar-refractivity contribution in [2.75, 3.05) is 13.7 Å². The molecule has 0 atom stereocenters. The van der Waals surface area contributed by atoms with Crippen LogP contribution in [0.5, 0.6) is 0 Å². The van der Waals surface area contributed by atoms with Crippen molar-refractivity contribution in [3.8, 4) is 0 Å². The van der Waals surface area contributed by atoms with Gasteiger partial charge in [-0.25, -0.2) is 0 Å². The van der Waals surface area contributed by atoms with Gasteiger partial charge in [-0.05, 0) is 78.7 Å². The zero-order valence-corrected chi connectivity index (χ0v) is 15.4. The summed E-state index contributed by atoms with van der Waals surface area (Å²) in [5.74, 6) is 3.04. The number of fused-ring (bicyclic) bond motifs is 1. The zero-order chi connectivity index (χ0) is 17.7. The fourth-order valence-corrected chi connectivity index (χ4v) is 6.33. The molecular formula is C23H27NO2. The fourth-order valence-electron chi connectivity index (χ4n) is 6.33. The molecular weight excluding hydrogens is 322 g/mol. The molecule has 1 N–H and O–H groups in total. The average Bonchev–Trinajstić information content (AvgIpc) is 2.67. The predicted molar refractivity (Wildman–Crippen MR) is 103 cm³/mol. The first-order valence-corrected chi connectivity index (χ1v) is 10.00. The summed E-state index contributed by atoms with van der Waals surface area (Å²) in [5, 5.41) is 5.49. The third kappa shape index (κ3) is 2.48. The van der Waals surface area contributed by atoms with Crippen LogP contribution in [0.3, 0.4) is 0 Å². The maximum Gasteiger partial charge on any atom is 0.251 e. The summed E-state index contributed by atoms with van der Waals surface area (Å²) < 4.78 is 6.16. The van der Waals surface area contributed by atoms with Crippen molar-refractivity contribution in [2.24, 2.45) is 23.7 Å². The summed E-state index contributed by atoms with van der Waals surface area (Å²) in [6, 6.07) is 14.1. The van der Waals surface area contributed by atoms with Crippen molar-refractivity contribution in [3.63, 3.8) is 0 Å². The Kier molecular flexibility index (Phi) is 3.82. The Morgan fingerprint density at radius 3 is 2.31 bits per heavy atom. The number of benzene rings is 2. The van der Waals surface area contributed by atoms with E-state index in [2.05, 4.69) is 17.4 Å². The van der Waals surface area contributed by atoms with Crippen LogP contribution < -0.4 is 5.32 Å². The maximum absolute atomic E-state index is 12.8. The van der Waals surface area contributed by atoms with Gasteiger partial charge in [0, 0.05) is 19.2 Å². The Morgan fingerprint density at radius 1 is 1.00 bits per heavy atom. The number of nitrogens with one attached hydrogen (secondary N) is 1. The van der Waals surface area contributed by atoms with E-state index in [0.29, 0.717) is 18.4 Å². The molecule has 136 valence electrons. The largest absolute Gasteiger partial charge is 0.376 e. The molecule has 0 unspecified atom stereocenters. The first-order chi connectivity index (χ1) is 12.7. The second kappa shape index (κ2) is 6.09. The number of rotatable bonds is 4. The van der Waals surface area contributed by atoms with Crippen LogP contribution in [0, 0.1) is 23.7 Å². The molecule has 3 heteroatoms. The van der Waals surface area contributed by atoms with Gasteiger partial charge in [-0.15, -0.1) is 0 Å². The lowest BCUT2D eigenvalue weighted by atomic mass is 9.49. The molecule has 3 nitrogen and oxygen atoms in total. The quantitative estimate of drug-likeness (QED) is 0.888. The number of carbonyl (C=O) groups excluding carboxylic acids is 1. The highest BCUT2D eigenvalue weighted by Crippen LogP contribution is 2.59. The summed E-state index contributed by atoms with van der Waals surface area (Å²) in [6.07, 6.45) is 6.56. The third-order valence-corrected chi connectivity index (χ3v) is 7.44. The molecule has 26 heavy (non-hydrogen) atoms. The standard InChI is InChI=1S/C23H27NO2/c1-26-23(20-9-15-8-16(11-20)12-21(23)10-15)14-24-22(25)19-7-6-17-4-2-3-5-18(17)13-19/h2-7,13,15-16,20-21H,8-12,14H2,1H3,(H,24,25). The van der Waals surface area contributed by atoms with Crippen LogP contribution in [-0.4, -0.2) is 25.2 Å². The third-order valence-electron chi connectivity index (χ3n) is 7.44. The van der Waals surface area contributed by atoms with E-state index in [0.717, 1.165) is 22.8 Å². The van der Waals surface area contributed by atoms with Crippen LogP contribution in [0.25, 0.3) is 10.8 Å². The first kappa shape index (κ1) is 16.3. The molecule has 1 amide bonds. The maximum atomic E-state index is 12.8. The Labute approximate surface area is 155 Å². The highest BCUT2D eigenvalue weighted by atomic mass is 16.5. The van der Waals surface area contributed by atoms with Gasteiger partial charge >= 0.3 is 0 Å². The van der Waals surface area contributed by atoms with Crippen LogP contribution in [0.1, 0.15) is 42.5 Å². The van der Waals surface area contributed by atoms with Gasteiger partial charge in [0.1, 0.15) is 0 Å². The molecule has 4 bridgehead atoms. The number of carbonyl (C=O) groups is 1. The van der Waals surface area contributed by atoms with Crippen molar-refractivity contribution in [2.45, 2.75) is 37.7 Å². The average molecular weight is 349 g/mol. The number of hydrogen-bond donors (Lipinski definition) is 1. The second-order valence-corrected chi connectivity index (χ2v) is 8.71. The monoisotopic (exact) mass is 349 g/mol. The Bertz CT molecular complexity index is 815. The molecule has 0 heterocycles. The van der Waals surface area contributed by atoms with E-state index in [1.807, 2.05) is 37.4 Å². The fraction of sp³-hybridized carbons (Fsp3) is 0.522. The number of ether oxygens (including phenoxy) is 1. The van der Waals surface area contributed by atoms with Crippen LogP contribution >= 0.6 is 0 Å². The smallest absolute Gasteiger partial charge is 0.251 e. The van der Waals surface area contributed by atoms with E-state index in [1.54, 1.807) is 0 Å². The van der Waals surface area contributed by atoms with Crippen molar-refractivity contribution < 1.29 is 9.53 Å². The zero-order valence-electron chi connectivity index (χ0n) is 15.4. The van der Waals surface area contributed by atoms with Crippen LogP contribution in [0.15, 0.2) is 42.5 Å². The topological polar surface area (TPSA) is 38.3 Å². The van der Waals surface area contributed by atoms with Crippen molar-refractivity contribution in [3.05, 3.63) is 48.0 Å². The molecule has 4 fully saturated rings. The van der Waals surface area contributed by atoms with E-state index in [4.69, 9.17) is 4.74 Å². The number of hydrogen-bond acceptors (Lipinski definition) is 2. The molecule has 0 aromatic heterocycles. The van der Waals surface area contributed by atoms with Gasteiger partial charge < -0.3 is 10.1 Å². The lowest BCUT2D eigenvalue weighted by molar-refractivity contribution is -0.186. The van der Waals surface area contributed by atoms with E-state index in [9.17, 15) is 4.79 Å². The summed E-state index contributed by atoms with van der Waals surface area (Å²) in [4.78, 5) is 12.8. The molecule has 4 aliphatic carbocycles. The molecule has 6 rings (SSSR count). The summed E-state index contributed by atoms with van der Waals surface area (Å²) >= 11 is 0. The summed E-state index contributed by atoms with van der Waals surface area (Å²) in [7, 11) is 1.85. The van der Waals surface area contributed by atoms with Gasteiger partial charge in [-0.1, -0.05) is 30.3 Å². The highest BCUT2D eigenvalue weighted by Gasteiger charge is 2.57. The molecule has 0 radical (unpaired) electrons.